The van der Waals surface area contributed by atoms with Crippen LogP contribution in [-0.2, 0) is 17.8 Å². The molecule has 1 aliphatic rings. The van der Waals surface area contributed by atoms with Crippen molar-refractivity contribution < 1.29 is 4.74 Å². The average molecular weight is 254 g/mol. The molecule has 0 bridgehead atoms. The van der Waals surface area contributed by atoms with E-state index in [-0.39, 0.29) is 0 Å². The molecule has 17 heavy (non-hydrogen) atoms. The molecule has 1 aromatic heterocycles. The van der Waals surface area contributed by atoms with Gasteiger partial charge in [-0.15, -0.1) is 11.3 Å². The molecule has 1 fully saturated rings. The van der Waals surface area contributed by atoms with Crippen molar-refractivity contribution in [1.82, 2.24) is 10.2 Å². The molecule has 1 N–H and O–H groups in total. The molecule has 0 amide bonds. The zero-order valence-electron chi connectivity index (χ0n) is 10.7. The Labute approximate surface area is 108 Å². The Morgan fingerprint density at radius 3 is 3.00 bits per heavy atom. The molecule has 4 heteroatoms. The molecule has 2 rings (SSSR count). The fourth-order valence-corrected chi connectivity index (χ4v) is 3.23. The van der Waals surface area contributed by atoms with Crippen LogP contribution in [-0.4, -0.2) is 37.7 Å². The van der Waals surface area contributed by atoms with Crippen molar-refractivity contribution in [1.29, 1.82) is 0 Å². The van der Waals surface area contributed by atoms with Gasteiger partial charge in [0.25, 0.3) is 0 Å². The summed E-state index contributed by atoms with van der Waals surface area (Å²) in [6.07, 6.45) is 1.61. The van der Waals surface area contributed by atoms with Crippen LogP contribution in [0.25, 0.3) is 0 Å². The predicted octanol–water partition coefficient (Wildman–Crippen LogP) is 2.08. The molecule has 1 aliphatic heterocycles. The fourth-order valence-electron chi connectivity index (χ4n) is 2.20. The molecular formula is C13H22N2OS. The van der Waals surface area contributed by atoms with E-state index in [1.165, 1.54) is 22.7 Å². The third-order valence-electron chi connectivity index (χ3n) is 3.21. The zero-order chi connectivity index (χ0) is 12.1. The van der Waals surface area contributed by atoms with Crippen LogP contribution < -0.4 is 5.32 Å². The lowest BCUT2D eigenvalue weighted by molar-refractivity contribution is 0.107. The van der Waals surface area contributed by atoms with Crippen molar-refractivity contribution >= 4 is 11.3 Å². The number of methoxy groups -OCH3 is 1. The van der Waals surface area contributed by atoms with Crippen molar-refractivity contribution in [3.63, 3.8) is 0 Å². The Bertz CT molecular complexity index is 340. The third kappa shape index (κ3) is 3.78. The summed E-state index contributed by atoms with van der Waals surface area (Å²) in [7, 11) is 1.81. The molecule has 0 saturated carbocycles. The van der Waals surface area contributed by atoms with Gasteiger partial charge in [-0.05, 0) is 25.1 Å². The van der Waals surface area contributed by atoms with E-state index in [9.17, 15) is 0 Å². The highest BCUT2D eigenvalue weighted by molar-refractivity contribution is 7.11. The summed E-state index contributed by atoms with van der Waals surface area (Å²) in [4.78, 5) is 5.39. The van der Waals surface area contributed by atoms with E-state index in [0.717, 1.165) is 26.2 Å². The fraction of sp³-hybridized carbons (Fsp3) is 0.692. The number of nitrogens with zero attached hydrogens (tertiary/aromatic N) is 1. The second-order valence-corrected chi connectivity index (χ2v) is 5.78. The van der Waals surface area contributed by atoms with Gasteiger partial charge in [0.05, 0.1) is 6.10 Å². The Kier molecular flexibility index (Phi) is 4.98. The highest BCUT2D eigenvalue weighted by Gasteiger charge is 2.22. The summed E-state index contributed by atoms with van der Waals surface area (Å²) in [5, 5.41) is 3.36. The number of nitrogens with one attached hydrogen (secondary N) is 1. The summed E-state index contributed by atoms with van der Waals surface area (Å²) in [6.45, 7) is 7.51. The number of rotatable bonds is 6. The standard InChI is InChI=1S/C13H22N2OS/c1-3-14-8-12-4-5-13(17-12)10-15-7-6-11(9-15)16-2/h4-5,11,14H,3,6-10H2,1-2H3. The van der Waals surface area contributed by atoms with Crippen LogP contribution in [0.4, 0.5) is 0 Å². The maximum Gasteiger partial charge on any atom is 0.0710 e. The van der Waals surface area contributed by atoms with Gasteiger partial charge in [-0.25, -0.2) is 0 Å². The van der Waals surface area contributed by atoms with Crippen LogP contribution in [0.1, 0.15) is 23.1 Å². The first kappa shape index (κ1) is 13.0. The van der Waals surface area contributed by atoms with Crippen LogP contribution in [0.15, 0.2) is 12.1 Å². The molecule has 0 aliphatic carbocycles. The van der Waals surface area contributed by atoms with Gasteiger partial charge >= 0.3 is 0 Å². The minimum Gasteiger partial charge on any atom is -0.380 e. The Morgan fingerprint density at radius 1 is 1.47 bits per heavy atom. The highest BCUT2D eigenvalue weighted by Crippen LogP contribution is 2.21. The molecule has 0 spiro atoms. The summed E-state index contributed by atoms with van der Waals surface area (Å²) in [6, 6.07) is 4.50. The molecule has 96 valence electrons. The van der Waals surface area contributed by atoms with Crippen molar-refractivity contribution in [3.05, 3.63) is 21.9 Å². The first-order valence-electron chi connectivity index (χ1n) is 6.35. The van der Waals surface area contributed by atoms with E-state index in [1.54, 1.807) is 0 Å². The molecule has 1 unspecified atom stereocenters. The van der Waals surface area contributed by atoms with Crippen molar-refractivity contribution in [2.24, 2.45) is 0 Å². The lowest BCUT2D eigenvalue weighted by Crippen LogP contribution is -2.21. The van der Waals surface area contributed by atoms with E-state index < -0.39 is 0 Å². The lowest BCUT2D eigenvalue weighted by atomic mass is 10.3. The van der Waals surface area contributed by atoms with E-state index in [4.69, 9.17) is 4.74 Å². The summed E-state index contributed by atoms with van der Waals surface area (Å²) in [5.41, 5.74) is 0. The van der Waals surface area contributed by atoms with Crippen molar-refractivity contribution in [3.8, 4) is 0 Å². The van der Waals surface area contributed by atoms with Crippen LogP contribution >= 0.6 is 11.3 Å². The predicted molar refractivity (Wildman–Crippen MR) is 72.4 cm³/mol. The summed E-state index contributed by atoms with van der Waals surface area (Å²) >= 11 is 1.92. The monoisotopic (exact) mass is 254 g/mol. The first-order valence-corrected chi connectivity index (χ1v) is 7.17. The van der Waals surface area contributed by atoms with Gasteiger partial charge in [0.2, 0.25) is 0 Å². The normalized spacial score (nSPS) is 21.2. The average Bonchev–Trinajstić information content (AvgIpc) is 2.96. The third-order valence-corrected chi connectivity index (χ3v) is 4.28. The van der Waals surface area contributed by atoms with Gasteiger partial charge in [0.1, 0.15) is 0 Å². The number of hydrogen-bond acceptors (Lipinski definition) is 4. The number of likely N-dealkylation sites (tertiary alicyclic amines) is 1. The molecule has 3 nitrogen and oxygen atoms in total. The van der Waals surface area contributed by atoms with Gasteiger partial charge in [-0.2, -0.15) is 0 Å². The molecular weight excluding hydrogens is 232 g/mol. The second-order valence-electron chi connectivity index (χ2n) is 4.53. The SMILES string of the molecule is CCNCc1ccc(CN2CCC(OC)C2)s1. The minimum atomic E-state index is 0.441. The maximum atomic E-state index is 5.39. The molecule has 1 aromatic rings. The van der Waals surface area contributed by atoms with Gasteiger partial charge in [-0.1, -0.05) is 6.92 Å². The quantitative estimate of drug-likeness (QED) is 0.841. The van der Waals surface area contributed by atoms with Gasteiger partial charge in [-0.3, -0.25) is 4.90 Å². The zero-order valence-corrected chi connectivity index (χ0v) is 11.6. The van der Waals surface area contributed by atoms with Gasteiger partial charge < -0.3 is 10.1 Å². The van der Waals surface area contributed by atoms with E-state index >= 15 is 0 Å². The largest absolute Gasteiger partial charge is 0.380 e. The van der Waals surface area contributed by atoms with Crippen LogP contribution in [0, 0.1) is 0 Å². The van der Waals surface area contributed by atoms with Crippen LogP contribution in [0.3, 0.4) is 0 Å². The molecule has 1 atom stereocenters. The maximum absolute atomic E-state index is 5.39. The molecule has 1 saturated heterocycles. The summed E-state index contributed by atoms with van der Waals surface area (Å²) < 4.78 is 5.39. The summed E-state index contributed by atoms with van der Waals surface area (Å²) in [5.74, 6) is 0. The van der Waals surface area contributed by atoms with Crippen molar-refractivity contribution in [2.45, 2.75) is 32.5 Å². The van der Waals surface area contributed by atoms with E-state index in [1.807, 2.05) is 18.4 Å². The van der Waals surface area contributed by atoms with Gasteiger partial charge in [0.15, 0.2) is 0 Å². The topological polar surface area (TPSA) is 24.5 Å². The minimum absolute atomic E-state index is 0.441. The van der Waals surface area contributed by atoms with Crippen molar-refractivity contribution in [2.75, 3.05) is 26.7 Å². The van der Waals surface area contributed by atoms with E-state index in [2.05, 4.69) is 29.3 Å². The number of ether oxygens (including phenoxy) is 1. The van der Waals surface area contributed by atoms with Crippen LogP contribution in [0.2, 0.25) is 0 Å². The second kappa shape index (κ2) is 6.50. The molecule has 0 radical (unpaired) electrons. The lowest BCUT2D eigenvalue weighted by Gasteiger charge is -2.13. The van der Waals surface area contributed by atoms with E-state index in [0.29, 0.717) is 6.10 Å². The first-order chi connectivity index (χ1) is 8.31. The Morgan fingerprint density at radius 2 is 2.29 bits per heavy atom. The Hall–Kier alpha value is -0.420. The highest BCUT2D eigenvalue weighted by atomic mass is 32.1. The number of hydrogen-bond donors (Lipinski definition) is 1. The van der Waals surface area contributed by atoms with Crippen LogP contribution in [0.5, 0.6) is 0 Å². The molecule has 2 heterocycles. The number of thiophene rings is 1. The van der Waals surface area contributed by atoms with Gasteiger partial charge in [0, 0.05) is 43.0 Å². The Balaban J connectivity index is 1.80. The smallest absolute Gasteiger partial charge is 0.0710 e. The molecule has 0 aromatic carbocycles.